The van der Waals surface area contributed by atoms with Crippen LogP contribution >= 0.6 is 0 Å². The predicted octanol–water partition coefficient (Wildman–Crippen LogP) is 0.569. The molecule has 0 amide bonds. The van der Waals surface area contributed by atoms with Gasteiger partial charge in [-0.25, -0.2) is 0 Å². The lowest BCUT2D eigenvalue weighted by molar-refractivity contribution is 1.42. The van der Waals surface area contributed by atoms with Gasteiger partial charge in [0.25, 0.3) is 0 Å². The summed E-state index contributed by atoms with van der Waals surface area (Å²) in [5.41, 5.74) is 5.82. The summed E-state index contributed by atoms with van der Waals surface area (Å²) in [4.78, 5) is 3.71. The highest BCUT2D eigenvalue weighted by Crippen LogP contribution is 1.86. The minimum Gasteiger partial charge on any atom is -0.384 e. The fraction of sp³-hybridized carbons (Fsp3) is 0.333. The van der Waals surface area contributed by atoms with Gasteiger partial charge in [-0.15, -0.1) is 0 Å². The second-order valence-corrected chi connectivity index (χ2v) is 1.54. The first kappa shape index (κ1) is 7.88. The maximum absolute atomic E-state index is 6.97. The Morgan fingerprint density at radius 3 is 2.33 bits per heavy atom. The summed E-state index contributed by atoms with van der Waals surface area (Å²) in [6.45, 7) is 1.82. The molecule has 0 aromatic rings. The van der Waals surface area contributed by atoms with Crippen molar-refractivity contribution in [1.82, 2.24) is 0 Å². The molecule has 0 heterocycles. The van der Waals surface area contributed by atoms with Crippen LogP contribution in [0.25, 0.3) is 0 Å². The molecule has 0 saturated heterocycles. The zero-order valence-electron chi connectivity index (χ0n) is 5.68. The topological polar surface area (TPSA) is 62.2 Å². The molecule has 0 aliphatic rings. The number of nitrogens with two attached hydrogens (primary N) is 1. The van der Waals surface area contributed by atoms with Crippen molar-refractivity contribution in [3.05, 3.63) is 11.6 Å². The fourth-order valence-corrected chi connectivity index (χ4v) is 0.439. The van der Waals surface area contributed by atoms with E-state index in [1.165, 1.54) is 0 Å². The van der Waals surface area contributed by atoms with Crippen LogP contribution in [0.1, 0.15) is 6.92 Å². The minimum absolute atomic E-state index is 0.0584. The number of hydrogen-bond donors (Lipinski definition) is 2. The average molecular weight is 125 g/mol. The van der Waals surface area contributed by atoms with Gasteiger partial charge in [-0.2, -0.15) is 0 Å². The van der Waals surface area contributed by atoms with Gasteiger partial charge in [0.05, 0.1) is 0 Å². The zero-order valence-corrected chi connectivity index (χ0v) is 5.68. The van der Waals surface area contributed by atoms with Gasteiger partial charge in [-0.3, -0.25) is 10.4 Å². The molecule has 0 aromatic carbocycles. The largest absolute Gasteiger partial charge is 0.384 e. The second kappa shape index (κ2) is 3.83. The van der Waals surface area contributed by atoms with Crippen LogP contribution in [0.3, 0.4) is 0 Å². The molecule has 0 atom stereocenters. The first-order valence-electron chi connectivity index (χ1n) is 2.65. The van der Waals surface area contributed by atoms with Gasteiger partial charge in [0.2, 0.25) is 0 Å². The molecule has 0 spiro atoms. The Balaban J connectivity index is 4.19. The van der Waals surface area contributed by atoms with E-state index in [0.29, 0.717) is 5.57 Å². The zero-order chi connectivity index (χ0) is 7.28. The van der Waals surface area contributed by atoms with Crippen LogP contribution in [0.5, 0.6) is 0 Å². The third kappa shape index (κ3) is 2.64. The maximum atomic E-state index is 6.97. The fourth-order valence-electron chi connectivity index (χ4n) is 0.439. The van der Waals surface area contributed by atoms with Gasteiger partial charge in [0, 0.05) is 18.8 Å². The van der Waals surface area contributed by atoms with Crippen molar-refractivity contribution < 1.29 is 0 Å². The quantitative estimate of drug-likeness (QED) is 0.411. The smallest absolute Gasteiger partial charge is 0.123 e. The van der Waals surface area contributed by atoms with Gasteiger partial charge in [0.1, 0.15) is 5.84 Å². The number of nitrogens with one attached hydrogen (secondary N) is 1. The summed E-state index contributed by atoms with van der Waals surface area (Å²) in [5.74, 6) is 0.0584. The second-order valence-electron chi connectivity index (χ2n) is 1.54. The summed E-state index contributed by atoms with van der Waals surface area (Å²) in [6, 6.07) is 0. The van der Waals surface area contributed by atoms with Crippen molar-refractivity contribution in [2.45, 2.75) is 6.92 Å². The van der Waals surface area contributed by atoms with Crippen molar-refractivity contribution in [3.8, 4) is 0 Å². The van der Waals surface area contributed by atoms with E-state index in [4.69, 9.17) is 11.1 Å². The van der Waals surface area contributed by atoms with Crippen LogP contribution in [-0.4, -0.2) is 19.1 Å². The number of aliphatic imine (C=N–C) groups is 1. The van der Waals surface area contributed by atoms with Crippen molar-refractivity contribution >= 4 is 12.1 Å². The summed E-state index contributed by atoms with van der Waals surface area (Å²) >= 11 is 0. The molecule has 0 saturated carbocycles. The van der Waals surface area contributed by atoms with E-state index in [9.17, 15) is 0 Å². The summed E-state index contributed by atoms with van der Waals surface area (Å²) in [7, 11) is 1.65. The van der Waals surface area contributed by atoms with Crippen LogP contribution in [0.4, 0.5) is 0 Å². The molecule has 3 N–H and O–H groups in total. The van der Waals surface area contributed by atoms with Crippen molar-refractivity contribution in [3.63, 3.8) is 0 Å². The summed E-state index contributed by atoms with van der Waals surface area (Å²) in [6.07, 6.45) is 3.30. The number of hydrogen-bond acceptors (Lipinski definition) is 2. The molecule has 3 nitrogen and oxygen atoms in total. The van der Waals surface area contributed by atoms with Crippen molar-refractivity contribution in [2.24, 2.45) is 10.7 Å². The molecule has 0 bridgehead atoms. The standard InChI is InChI=1S/C6H11N3/c1-3-5(4-9-2)6(7)8/h3-4H,1-2H3,(H3,7,8)/b5-3+,9-4?. The van der Waals surface area contributed by atoms with Crippen LogP contribution in [-0.2, 0) is 0 Å². The molecule has 0 aromatic heterocycles. The first-order chi connectivity index (χ1) is 4.22. The van der Waals surface area contributed by atoms with Gasteiger partial charge in [-0.1, -0.05) is 6.08 Å². The normalized spacial score (nSPS) is 12.4. The van der Waals surface area contributed by atoms with Gasteiger partial charge in [-0.05, 0) is 6.92 Å². The molecule has 0 aliphatic carbocycles. The minimum atomic E-state index is 0.0584. The van der Waals surface area contributed by atoms with E-state index in [-0.39, 0.29) is 5.84 Å². The third-order valence-electron chi connectivity index (χ3n) is 0.890. The summed E-state index contributed by atoms with van der Waals surface area (Å²) in [5, 5.41) is 6.97. The number of amidine groups is 1. The predicted molar refractivity (Wildman–Crippen MR) is 40.1 cm³/mol. The molecule has 3 heteroatoms. The SMILES string of the molecule is C/C=C(\C=NC)C(=N)N. The van der Waals surface area contributed by atoms with E-state index in [1.807, 2.05) is 6.92 Å². The molecule has 0 unspecified atom stereocenters. The molecule has 0 radical (unpaired) electrons. The number of rotatable bonds is 2. The van der Waals surface area contributed by atoms with E-state index < -0.39 is 0 Å². The monoisotopic (exact) mass is 125 g/mol. The highest BCUT2D eigenvalue weighted by Gasteiger charge is 1.91. The molecule has 9 heavy (non-hydrogen) atoms. The molecule has 0 aliphatic heterocycles. The van der Waals surface area contributed by atoms with Crippen LogP contribution in [0, 0.1) is 5.41 Å². The highest BCUT2D eigenvalue weighted by atomic mass is 14.7. The lowest BCUT2D eigenvalue weighted by atomic mass is 10.2. The highest BCUT2D eigenvalue weighted by molar-refractivity contribution is 6.12. The Bertz CT molecular complexity index is 156. The number of nitrogens with zero attached hydrogens (tertiary/aromatic N) is 1. The van der Waals surface area contributed by atoms with E-state index in [0.717, 1.165) is 0 Å². The molecule has 50 valence electrons. The molecule has 0 fully saturated rings. The Kier molecular flexibility index (Phi) is 3.35. The van der Waals surface area contributed by atoms with Crippen LogP contribution < -0.4 is 5.73 Å². The first-order valence-corrected chi connectivity index (χ1v) is 2.65. The third-order valence-corrected chi connectivity index (χ3v) is 0.890. The van der Waals surface area contributed by atoms with Crippen LogP contribution in [0.2, 0.25) is 0 Å². The molecule has 0 rings (SSSR count). The Morgan fingerprint density at radius 2 is 2.22 bits per heavy atom. The summed E-state index contributed by atoms with van der Waals surface area (Å²) < 4.78 is 0. The lowest BCUT2D eigenvalue weighted by Gasteiger charge is -1.92. The van der Waals surface area contributed by atoms with E-state index >= 15 is 0 Å². The van der Waals surface area contributed by atoms with E-state index in [2.05, 4.69) is 4.99 Å². The van der Waals surface area contributed by atoms with Crippen molar-refractivity contribution in [2.75, 3.05) is 7.05 Å². The van der Waals surface area contributed by atoms with Gasteiger partial charge < -0.3 is 5.73 Å². The lowest BCUT2D eigenvalue weighted by Crippen LogP contribution is -2.13. The van der Waals surface area contributed by atoms with Crippen molar-refractivity contribution in [1.29, 1.82) is 5.41 Å². The number of allylic oxidation sites excluding steroid dienone is 1. The Morgan fingerprint density at radius 1 is 1.67 bits per heavy atom. The average Bonchev–Trinajstić information content (AvgIpc) is 1.82. The van der Waals surface area contributed by atoms with Gasteiger partial charge in [0.15, 0.2) is 0 Å². The maximum Gasteiger partial charge on any atom is 0.123 e. The Labute approximate surface area is 54.8 Å². The molecular formula is C6H11N3. The molecular weight excluding hydrogens is 114 g/mol. The van der Waals surface area contributed by atoms with Gasteiger partial charge >= 0.3 is 0 Å². The Hall–Kier alpha value is -1.12. The van der Waals surface area contributed by atoms with E-state index in [1.54, 1.807) is 19.3 Å². The van der Waals surface area contributed by atoms with Crippen LogP contribution in [0.15, 0.2) is 16.6 Å².